The van der Waals surface area contributed by atoms with Crippen molar-refractivity contribution in [3.8, 4) is 5.75 Å². The van der Waals surface area contributed by atoms with E-state index >= 15 is 0 Å². The lowest BCUT2D eigenvalue weighted by molar-refractivity contribution is -0.142. The molecular weight excluding hydrogens is 410 g/mol. The predicted octanol–water partition coefficient (Wildman–Crippen LogP) is 3.19. The van der Waals surface area contributed by atoms with Gasteiger partial charge in [0.05, 0.1) is 17.8 Å². The average molecular weight is 434 g/mol. The molecular formula is C20H24ClN5O4. The van der Waals surface area contributed by atoms with Crippen LogP contribution in [0.4, 0.5) is 5.82 Å². The number of aromatic nitrogens is 4. The smallest absolute Gasteiger partial charge is 0.329 e. The number of carboxylic acid groups (broad SMARTS) is 1. The molecule has 3 rings (SSSR count). The molecule has 1 aromatic carbocycles. The van der Waals surface area contributed by atoms with E-state index in [2.05, 4.69) is 27.3 Å². The Morgan fingerprint density at radius 1 is 1.33 bits per heavy atom. The SMILES string of the molecule is CCCc1nn(C)c2c(NCc3ccc(OC)c(Cl)c3)nc(COCC(=O)O)nc12. The lowest BCUT2D eigenvalue weighted by Crippen LogP contribution is -2.11. The quantitative estimate of drug-likeness (QED) is 0.501. The largest absolute Gasteiger partial charge is 0.495 e. The summed E-state index contributed by atoms with van der Waals surface area (Å²) >= 11 is 6.22. The molecule has 2 N–H and O–H groups in total. The van der Waals surface area contributed by atoms with E-state index < -0.39 is 12.6 Å². The Hall–Kier alpha value is -2.91. The number of nitrogens with zero attached hydrogens (tertiary/aromatic N) is 4. The fraction of sp³-hybridized carbons (Fsp3) is 0.400. The lowest BCUT2D eigenvalue weighted by atomic mass is 10.2. The van der Waals surface area contributed by atoms with E-state index in [1.54, 1.807) is 11.8 Å². The minimum absolute atomic E-state index is 0.00819. The molecule has 0 aliphatic rings. The topological polar surface area (TPSA) is 111 Å². The van der Waals surface area contributed by atoms with Crippen LogP contribution in [0.2, 0.25) is 5.02 Å². The van der Waals surface area contributed by atoms with Gasteiger partial charge >= 0.3 is 5.97 Å². The molecule has 0 radical (unpaired) electrons. The summed E-state index contributed by atoms with van der Waals surface area (Å²) in [4.78, 5) is 19.9. The highest BCUT2D eigenvalue weighted by atomic mass is 35.5. The van der Waals surface area contributed by atoms with Gasteiger partial charge in [-0.25, -0.2) is 14.8 Å². The lowest BCUT2D eigenvalue weighted by Gasteiger charge is -2.11. The Kier molecular flexibility index (Phi) is 7.07. The summed E-state index contributed by atoms with van der Waals surface area (Å²) in [6, 6.07) is 5.55. The Bertz CT molecular complexity index is 1050. The van der Waals surface area contributed by atoms with Crippen LogP contribution in [0.1, 0.15) is 30.4 Å². The molecule has 0 saturated heterocycles. The van der Waals surface area contributed by atoms with E-state index in [-0.39, 0.29) is 6.61 Å². The zero-order chi connectivity index (χ0) is 21.7. The first-order valence-electron chi connectivity index (χ1n) is 9.51. The van der Waals surface area contributed by atoms with Crippen LogP contribution in [0.5, 0.6) is 5.75 Å². The van der Waals surface area contributed by atoms with Gasteiger partial charge < -0.3 is 19.9 Å². The van der Waals surface area contributed by atoms with Gasteiger partial charge in [-0.3, -0.25) is 4.68 Å². The number of rotatable bonds is 10. The molecule has 30 heavy (non-hydrogen) atoms. The number of fused-ring (bicyclic) bond motifs is 1. The minimum atomic E-state index is -1.04. The number of anilines is 1. The Morgan fingerprint density at radius 2 is 2.13 bits per heavy atom. The van der Waals surface area contributed by atoms with Crippen molar-refractivity contribution in [3.05, 3.63) is 40.3 Å². The van der Waals surface area contributed by atoms with E-state index in [1.807, 2.05) is 25.2 Å². The molecule has 0 amide bonds. The number of hydrogen-bond acceptors (Lipinski definition) is 7. The van der Waals surface area contributed by atoms with Crippen LogP contribution < -0.4 is 10.1 Å². The number of benzene rings is 1. The fourth-order valence-electron chi connectivity index (χ4n) is 3.12. The molecule has 9 nitrogen and oxygen atoms in total. The van der Waals surface area contributed by atoms with Gasteiger partial charge in [0.1, 0.15) is 30.0 Å². The number of halogens is 1. The summed E-state index contributed by atoms with van der Waals surface area (Å²) < 4.78 is 12.1. The monoisotopic (exact) mass is 433 g/mol. The third-order valence-corrected chi connectivity index (χ3v) is 4.71. The third kappa shape index (κ3) is 4.98. The molecule has 0 atom stereocenters. The predicted molar refractivity (Wildman–Crippen MR) is 113 cm³/mol. The first-order chi connectivity index (χ1) is 14.4. The number of methoxy groups -OCH3 is 1. The molecule has 160 valence electrons. The Labute approximate surface area is 179 Å². The third-order valence-electron chi connectivity index (χ3n) is 4.42. The number of hydrogen-bond donors (Lipinski definition) is 2. The van der Waals surface area contributed by atoms with E-state index in [0.29, 0.717) is 29.0 Å². The number of ether oxygens (including phenoxy) is 2. The van der Waals surface area contributed by atoms with Gasteiger partial charge in [-0.05, 0) is 24.1 Å². The molecule has 0 aliphatic carbocycles. The highest BCUT2D eigenvalue weighted by Crippen LogP contribution is 2.27. The Morgan fingerprint density at radius 3 is 2.80 bits per heavy atom. The summed E-state index contributed by atoms with van der Waals surface area (Å²) in [5.74, 6) is 0.556. The summed E-state index contributed by atoms with van der Waals surface area (Å²) in [5.41, 5.74) is 3.33. The molecule has 0 fully saturated rings. The maximum atomic E-state index is 10.7. The normalized spacial score (nSPS) is 11.1. The van der Waals surface area contributed by atoms with Crippen molar-refractivity contribution in [2.24, 2.45) is 7.05 Å². The molecule has 0 spiro atoms. The van der Waals surface area contributed by atoms with Gasteiger partial charge in [0.15, 0.2) is 11.6 Å². The van der Waals surface area contributed by atoms with Crippen LogP contribution >= 0.6 is 11.6 Å². The first kappa shape index (κ1) is 21.8. The van der Waals surface area contributed by atoms with Gasteiger partial charge in [-0.1, -0.05) is 31.0 Å². The van der Waals surface area contributed by atoms with Crippen molar-refractivity contribution in [1.29, 1.82) is 0 Å². The molecule has 0 bridgehead atoms. The van der Waals surface area contributed by atoms with E-state index in [4.69, 9.17) is 26.2 Å². The number of carboxylic acids is 1. The number of aliphatic carboxylic acids is 1. The van der Waals surface area contributed by atoms with Crippen LogP contribution in [0, 0.1) is 0 Å². The number of carbonyl (C=O) groups is 1. The average Bonchev–Trinajstić information content (AvgIpc) is 3.02. The molecule has 0 unspecified atom stereocenters. The van der Waals surface area contributed by atoms with Gasteiger partial charge in [-0.15, -0.1) is 0 Å². The zero-order valence-corrected chi connectivity index (χ0v) is 17.9. The summed E-state index contributed by atoms with van der Waals surface area (Å²) in [7, 11) is 3.42. The van der Waals surface area contributed by atoms with Crippen LogP contribution in [-0.4, -0.2) is 44.5 Å². The van der Waals surface area contributed by atoms with Crippen molar-refractivity contribution in [1.82, 2.24) is 19.7 Å². The van der Waals surface area contributed by atoms with E-state index in [1.165, 1.54) is 0 Å². The summed E-state index contributed by atoms with van der Waals surface area (Å²) in [6.07, 6.45) is 1.70. The molecule has 2 heterocycles. The fourth-order valence-corrected chi connectivity index (χ4v) is 3.40. The van der Waals surface area contributed by atoms with Crippen LogP contribution in [0.3, 0.4) is 0 Å². The maximum Gasteiger partial charge on any atom is 0.329 e. The van der Waals surface area contributed by atoms with E-state index in [9.17, 15) is 4.79 Å². The molecule has 3 aromatic rings. The summed E-state index contributed by atoms with van der Waals surface area (Å²) in [6.45, 7) is 2.12. The van der Waals surface area contributed by atoms with Gasteiger partial charge in [-0.2, -0.15) is 5.10 Å². The van der Waals surface area contributed by atoms with Crippen molar-refractivity contribution >= 4 is 34.4 Å². The molecule has 0 saturated carbocycles. The van der Waals surface area contributed by atoms with Gasteiger partial charge in [0.25, 0.3) is 0 Å². The first-order valence-corrected chi connectivity index (χ1v) is 9.89. The highest BCUT2D eigenvalue weighted by molar-refractivity contribution is 6.32. The van der Waals surface area contributed by atoms with Crippen LogP contribution in [0.15, 0.2) is 18.2 Å². The summed E-state index contributed by atoms with van der Waals surface area (Å²) in [5, 5.41) is 17.2. The van der Waals surface area contributed by atoms with Crippen LogP contribution in [-0.2, 0) is 36.2 Å². The van der Waals surface area contributed by atoms with Crippen molar-refractivity contribution < 1.29 is 19.4 Å². The van der Waals surface area contributed by atoms with Gasteiger partial charge in [0.2, 0.25) is 0 Å². The second-order valence-corrected chi connectivity index (χ2v) is 7.12. The second-order valence-electron chi connectivity index (χ2n) is 6.71. The standard InChI is InChI=1S/C20H24ClN5O4/c1-4-5-14-18-19(26(2)25-14)20(24-16(23-18)10-30-11-17(27)28)22-9-12-6-7-15(29-3)13(21)8-12/h6-8H,4-5,9-11H2,1-3H3,(H,27,28)(H,22,23,24). The minimum Gasteiger partial charge on any atom is -0.495 e. The van der Waals surface area contributed by atoms with Crippen molar-refractivity contribution in [2.75, 3.05) is 19.0 Å². The molecule has 2 aromatic heterocycles. The van der Waals surface area contributed by atoms with Gasteiger partial charge in [0, 0.05) is 13.6 Å². The highest BCUT2D eigenvalue weighted by Gasteiger charge is 2.17. The molecule has 10 heteroatoms. The number of nitrogens with one attached hydrogen (secondary N) is 1. The molecule has 0 aliphatic heterocycles. The van der Waals surface area contributed by atoms with Crippen molar-refractivity contribution in [2.45, 2.75) is 32.9 Å². The van der Waals surface area contributed by atoms with E-state index in [0.717, 1.165) is 35.1 Å². The Balaban J connectivity index is 1.92. The number of aryl methyl sites for hydroxylation is 2. The van der Waals surface area contributed by atoms with Crippen LogP contribution in [0.25, 0.3) is 11.0 Å². The van der Waals surface area contributed by atoms with Crippen molar-refractivity contribution in [3.63, 3.8) is 0 Å². The zero-order valence-electron chi connectivity index (χ0n) is 17.1. The second kappa shape index (κ2) is 9.73. The maximum absolute atomic E-state index is 10.7.